The van der Waals surface area contributed by atoms with Crippen molar-refractivity contribution in [1.29, 1.82) is 0 Å². The van der Waals surface area contributed by atoms with E-state index in [2.05, 4.69) is 90.0 Å². The van der Waals surface area contributed by atoms with Crippen LogP contribution in [0.15, 0.2) is 12.1 Å². The van der Waals surface area contributed by atoms with E-state index >= 15 is 0 Å². The van der Waals surface area contributed by atoms with Crippen molar-refractivity contribution in [2.24, 2.45) is 5.41 Å². The van der Waals surface area contributed by atoms with E-state index in [1.807, 2.05) is 22.3 Å². The predicted octanol–water partition coefficient (Wildman–Crippen LogP) is 8.18. The highest BCUT2D eigenvalue weighted by molar-refractivity contribution is 6.00. The molecule has 2 atom stereocenters. The van der Waals surface area contributed by atoms with Crippen LogP contribution < -0.4 is 0 Å². The van der Waals surface area contributed by atoms with Gasteiger partial charge in [-0.3, -0.25) is 9.59 Å². The molecule has 49 heavy (non-hydrogen) atoms. The van der Waals surface area contributed by atoms with Crippen molar-refractivity contribution >= 4 is 11.9 Å². The van der Waals surface area contributed by atoms with Gasteiger partial charge < -0.3 is 24.3 Å². The number of esters is 2. The molecule has 0 aromatic heterocycles. The molecule has 2 heterocycles. The number of hydrogen-bond acceptors (Lipinski definition) is 9. The van der Waals surface area contributed by atoms with Gasteiger partial charge in [0.15, 0.2) is 5.41 Å². The Morgan fingerprint density at radius 2 is 1.27 bits per heavy atom. The number of rotatable bonds is 11. The Hall–Kier alpha value is -2.20. The first-order chi connectivity index (χ1) is 22.3. The van der Waals surface area contributed by atoms with E-state index in [1.54, 1.807) is 14.2 Å². The molecule has 9 heteroatoms. The lowest BCUT2D eigenvalue weighted by Crippen LogP contribution is -2.62. The fourth-order valence-electron chi connectivity index (χ4n) is 8.33. The first-order valence-electron chi connectivity index (χ1n) is 18.3. The van der Waals surface area contributed by atoms with Gasteiger partial charge in [-0.1, -0.05) is 73.4 Å². The zero-order valence-electron chi connectivity index (χ0n) is 33.5. The summed E-state index contributed by atoms with van der Waals surface area (Å²) in [6.45, 7) is 27.6. The zero-order chi connectivity index (χ0) is 37.4. The van der Waals surface area contributed by atoms with Gasteiger partial charge in [-0.2, -0.15) is 10.1 Å². The molecule has 0 amide bonds. The summed E-state index contributed by atoms with van der Waals surface area (Å²) in [6, 6.07) is 3.94. The first-order valence-corrected chi connectivity index (χ1v) is 18.3. The Bertz CT molecular complexity index is 1270. The number of ether oxygens (including phenoxy) is 2. The van der Waals surface area contributed by atoms with Crippen molar-refractivity contribution in [3.05, 3.63) is 28.8 Å². The lowest BCUT2D eigenvalue weighted by Gasteiger charge is -2.53. The number of nitrogens with zero attached hydrogens (tertiary/aromatic N) is 2. The minimum Gasteiger partial charge on any atom is -0.507 e. The van der Waals surface area contributed by atoms with E-state index in [0.717, 1.165) is 23.1 Å². The van der Waals surface area contributed by atoms with Crippen LogP contribution in [0.1, 0.15) is 152 Å². The normalized spacial score (nSPS) is 23.1. The molecule has 0 saturated carbocycles. The number of benzene rings is 1. The zero-order valence-corrected chi connectivity index (χ0v) is 33.5. The monoisotopic (exact) mass is 689 g/mol. The number of phenols is 1. The third-order valence-electron chi connectivity index (χ3n) is 10.6. The number of aromatic hydroxyl groups is 1. The Morgan fingerprint density at radius 3 is 1.67 bits per heavy atom. The average molecular weight is 689 g/mol. The second-order valence-corrected chi connectivity index (χ2v) is 18.6. The molecular weight excluding hydrogens is 620 g/mol. The van der Waals surface area contributed by atoms with Gasteiger partial charge in [0.05, 0.1) is 14.2 Å². The number of hydroxylamine groups is 4. The van der Waals surface area contributed by atoms with Gasteiger partial charge >= 0.3 is 11.9 Å². The largest absolute Gasteiger partial charge is 0.507 e. The molecule has 0 aliphatic carbocycles. The van der Waals surface area contributed by atoms with Crippen LogP contribution in [0.2, 0.25) is 0 Å². The van der Waals surface area contributed by atoms with Crippen molar-refractivity contribution in [2.75, 3.05) is 20.8 Å². The highest BCUT2D eigenvalue weighted by atomic mass is 16.7. The van der Waals surface area contributed by atoms with Gasteiger partial charge in [0.1, 0.15) is 18.0 Å². The van der Waals surface area contributed by atoms with Crippen LogP contribution in [0.3, 0.4) is 0 Å². The van der Waals surface area contributed by atoms with Crippen molar-refractivity contribution in [3.63, 3.8) is 0 Å². The number of carbonyl (C=O) groups is 2. The summed E-state index contributed by atoms with van der Waals surface area (Å²) in [7, 11) is 3.34. The number of phenolic OH excluding ortho intramolecular Hbond substituents is 1. The highest BCUT2D eigenvalue weighted by Gasteiger charge is 2.53. The van der Waals surface area contributed by atoms with E-state index in [-0.39, 0.29) is 34.6 Å². The summed E-state index contributed by atoms with van der Waals surface area (Å²) in [5.74, 6) is -0.813. The molecule has 0 radical (unpaired) electrons. The van der Waals surface area contributed by atoms with Gasteiger partial charge in [-0.15, -0.1) is 0 Å². The molecule has 3 rings (SSSR count). The summed E-state index contributed by atoms with van der Waals surface area (Å²) in [5.41, 5.74) is -1.12. The molecule has 0 bridgehead atoms. The van der Waals surface area contributed by atoms with Gasteiger partial charge in [-0.05, 0) is 88.3 Å². The summed E-state index contributed by atoms with van der Waals surface area (Å²) in [6.07, 6.45) is 3.34. The van der Waals surface area contributed by atoms with E-state index in [4.69, 9.17) is 19.1 Å². The van der Waals surface area contributed by atoms with Crippen molar-refractivity contribution in [1.82, 2.24) is 10.1 Å². The Labute approximate surface area is 297 Å². The molecular formula is C40H68N2O7. The smallest absolute Gasteiger partial charge is 0.324 e. The first kappa shape index (κ1) is 41.2. The maximum absolute atomic E-state index is 14.9. The second-order valence-electron chi connectivity index (χ2n) is 18.6. The van der Waals surface area contributed by atoms with Crippen molar-refractivity contribution in [3.8, 4) is 5.75 Å². The third-order valence-corrected chi connectivity index (χ3v) is 10.6. The molecule has 2 aliphatic heterocycles. The minimum atomic E-state index is -1.58. The quantitative estimate of drug-likeness (QED) is 0.182. The number of piperidine rings is 2. The molecule has 1 N–H and O–H groups in total. The van der Waals surface area contributed by atoms with E-state index in [1.165, 1.54) is 0 Å². The van der Waals surface area contributed by atoms with Gasteiger partial charge in [0.2, 0.25) is 0 Å². The lowest BCUT2D eigenvalue weighted by atomic mass is 9.73. The molecule has 1 aromatic rings. The lowest BCUT2D eigenvalue weighted by molar-refractivity contribution is -0.279. The molecule has 1 aromatic carbocycles. The standard InChI is InChI=1S/C40H68N2O7/c1-16-17-19-40(33(44)48-28-18-20-41(46-14)37(8,9)24-28,34(45)49-29-25-38(10,11)42(47-15)39(12,13)26-29)23-27-21-30(35(2,3)4)32(43)31(22-27)36(5,6)7/h21-22,28-29,43H,16-20,23-26H2,1-15H3. The fraction of sp³-hybridized carbons (Fsp3) is 0.800. The van der Waals surface area contributed by atoms with E-state index < -0.39 is 34.5 Å². The summed E-state index contributed by atoms with van der Waals surface area (Å²) in [4.78, 5) is 41.1. The van der Waals surface area contributed by atoms with E-state index in [9.17, 15) is 14.7 Å². The van der Waals surface area contributed by atoms with Gasteiger partial charge in [0, 0.05) is 42.4 Å². The minimum absolute atomic E-state index is 0.112. The summed E-state index contributed by atoms with van der Waals surface area (Å²) < 4.78 is 12.9. The summed E-state index contributed by atoms with van der Waals surface area (Å²) in [5, 5.41) is 15.4. The molecule has 2 unspecified atom stereocenters. The molecule has 280 valence electrons. The topological polar surface area (TPSA) is 97.8 Å². The van der Waals surface area contributed by atoms with Gasteiger partial charge in [-0.25, -0.2) is 0 Å². The fourth-order valence-corrected chi connectivity index (χ4v) is 8.33. The molecule has 2 saturated heterocycles. The predicted molar refractivity (Wildman–Crippen MR) is 194 cm³/mol. The average Bonchev–Trinajstić information content (AvgIpc) is 2.93. The van der Waals surface area contributed by atoms with Crippen LogP contribution in [0.4, 0.5) is 0 Å². The van der Waals surface area contributed by atoms with Gasteiger partial charge in [0.25, 0.3) is 0 Å². The van der Waals surface area contributed by atoms with Crippen molar-refractivity contribution < 1.29 is 33.8 Å². The highest BCUT2D eigenvalue weighted by Crippen LogP contribution is 2.45. The Morgan fingerprint density at radius 1 is 0.796 bits per heavy atom. The van der Waals surface area contributed by atoms with Crippen LogP contribution in [-0.2, 0) is 46.0 Å². The summed E-state index contributed by atoms with van der Waals surface area (Å²) >= 11 is 0. The van der Waals surface area contributed by atoms with Crippen LogP contribution in [-0.4, -0.2) is 76.8 Å². The van der Waals surface area contributed by atoms with Crippen LogP contribution >= 0.6 is 0 Å². The van der Waals surface area contributed by atoms with Crippen LogP contribution in [0.25, 0.3) is 0 Å². The maximum atomic E-state index is 14.9. The molecule has 2 fully saturated rings. The Kier molecular flexibility index (Phi) is 12.5. The number of carbonyl (C=O) groups excluding carboxylic acids is 2. The number of unbranched alkanes of at least 4 members (excludes halogenated alkanes) is 1. The Balaban J connectivity index is 2.16. The van der Waals surface area contributed by atoms with E-state index in [0.29, 0.717) is 45.1 Å². The third kappa shape index (κ3) is 9.19. The number of hydrogen-bond donors (Lipinski definition) is 1. The van der Waals surface area contributed by atoms with Crippen LogP contribution in [0.5, 0.6) is 5.75 Å². The van der Waals surface area contributed by atoms with Crippen LogP contribution in [0, 0.1) is 5.41 Å². The SMILES string of the molecule is CCCCC(Cc1cc(C(C)(C)C)c(O)c(C(C)(C)C)c1)(C(=O)OC1CCN(OC)C(C)(C)C1)C(=O)OC1CC(C)(C)N(OC)C(C)(C)C1. The molecule has 0 spiro atoms. The molecule has 9 nitrogen and oxygen atoms in total. The maximum Gasteiger partial charge on any atom is 0.324 e. The molecule has 2 aliphatic rings. The van der Waals surface area contributed by atoms with Crippen molar-refractivity contribution in [2.45, 2.75) is 181 Å². The second kappa shape index (κ2) is 14.8.